The first-order valence-electron chi connectivity index (χ1n) is 8.32. The van der Waals surface area contributed by atoms with Crippen LogP contribution in [-0.2, 0) is 27.9 Å². The summed E-state index contributed by atoms with van der Waals surface area (Å²) >= 11 is 0. The van der Waals surface area contributed by atoms with Gasteiger partial charge in [-0.15, -0.1) is 0 Å². The Bertz CT molecular complexity index is 365. The van der Waals surface area contributed by atoms with Crippen molar-refractivity contribution < 1.29 is 27.9 Å². The van der Waals surface area contributed by atoms with Crippen LogP contribution in [0, 0.1) is 5.92 Å². The zero-order chi connectivity index (χ0) is 17.9. The molecule has 7 heteroatoms. The maximum absolute atomic E-state index is 12.4. The molecule has 0 N–H and O–H groups in total. The molecule has 0 fully saturated rings. The van der Waals surface area contributed by atoms with Crippen molar-refractivity contribution in [1.29, 1.82) is 0 Å². The highest BCUT2D eigenvalue weighted by Crippen LogP contribution is 2.48. The Morgan fingerprint density at radius 3 is 2.00 bits per heavy atom. The molecule has 0 aromatic heterocycles. The second kappa shape index (κ2) is 11.2. The van der Waals surface area contributed by atoms with Crippen LogP contribution < -0.4 is 0 Å². The van der Waals surface area contributed by atoms with Gasteiger partial charge < -0.3 is 18.5 Å². The summed E-state index contributed by atoms with van der Waals surface area (Å²) in [5.74, 6) is -0.532. The Kier molecular flexibility index (Phi) is 11.0. The Balaban J connectivity index is 4.18. The van der Waals surface area contributed by atoms with E-state index in [1.807, 2.05) is 34.6 Å². The average molecular weight is 352 g/mol. The van der Waals surface area contributed by atoms with E-state index in [9.17, 15) is 9.36 Å². The average Bonchev–Trinajstić information content (AvgIpc) is 2.45. The highest BCUT2D eigenvalue weighted by atomic mass is 31.2. The fourth-order valence-corrected chi connectivity index (χ4v) is 3.03. The number of rotatable bonds is 12. The normalized spacial score (nSPS) is 13.8. The van der Waals surface area contributed by atoms with Crippen molar-refractivity contribution in [2.75, 3.05) is 26.2 Å². The molecular weight excluding hydrogens is 319 g/mol. The molecule has 0 amide bonds. The predicted molar refractivity (Wildman–Crippen MR) is 90.5 cm³/mol. The monoisotopic (exact) mass is 352 g/mol. The van der Waals surface area contributed by atoms with Crippen molar-refractivity contribution in [2.24, 2.45) is 5.92 Å². The van der Waals surface area contributed by atoms with Gasteiger partial charge in [-0.1, -0.05) is 20.8 Å². The standard InChI is InChI=1S/C16H33O6P/c1-7-10-20-23(18,21-11-8-2)13-19-12-9-14(3)15(17)22-16(4,5)6/h14H,7-13H2,1-6H3/t14-/m0/s1. The largest absolute Gasteiger partial charge is 0.460 e. The minimum absolute atomic E-state index is 0.0892. The molecule has 0 rings (SSSR count). The van der Waals surface area contributed by atoms with Gasteiger partial charge in [0.1, 0.15) is 11.9 Å². The molecule has 138 valence electrons. The lowest BCUT2D eigenvalue weighted by Crippen LogP contribution is -2.28. The summed E-state index contributed by atoms with van der Waals surface area (Å²) in [4.78, 5) is 11.9. The molecule has 0 aliphatic heterocycles. The first kappa shape index (κ1) is 22.6. The van der Waals surface area contributed by atoms with Crippen LogP contribution in [0.2, 0.25) is 0 Å². The van der Waals surface area contributed by atoms with Gasteiger partial charge in [0.2, 0.25) is 0 Å². The van der Waals surface area contributed by atoms with E-state index in [4.69, 9.17) is 18.5 Å². The van der Waals surface area contributed by atoms with Gasteiger partial charge in [-0.05, 0) is 40.0 Å². The van der Waals surface area contributed by atoms with Crippen LogP contribution in [0.25, 0.3) is 0 Å². The van der Waals surface area contributed by atoms with Gasteiger partial charge in [0.05, 0.1) is 19.1 Å². The fourth-order valence-electron chi connectivity index (χ4n) is 1.53. The minimum Gasteiger partial charge on any atom is -0.460 e. The van der Waals surface area contributed by atoms with E-state index < -0.39 is 13.2 Å². The van der Waals surface area contributed by atoms with Gasteiger partial charge in [-0.3, -0.25) is 9.36 Å². The topological polar surface area (TPSA) is 71.1 Å². The first-order chi connectivity index (χ1) is 10.6. The van der Waals surface area contributed by atoms with Gasteiger partial charge in [0.15, 0.2) is 0 Å². The van der Waals surface area contributed by atoms with Crippen molar-refractivity contribution in [1.82, 2.24) is 0 Å². The summed E-state index contributed by atoms with van der Waals surface area (Å²) in [6.07, 6.45) is 1.93. The Morgan fingerprint density at radius 1 is 1.04 bits per heavy atom. The van der Waals surface area contributed by atoms with Crippen LogP contribution in [-0.4, -0.2) is 37.7 Å². The fraction of sp³-hybridized carbons (Fsp3) is 0.938. The van der Waals surface area contributed by atoms with E-state index in [1.165, 1.54) is 0 Å². The maximum atomic E-state index is 12.4. The lowest BCUT2D eigenvalue weighted by molar-refractivity contribution is -0.159. The van der Waals surface area contributed by atoms with Crippen LogP contribution in [0.1, 0.15) is 60.8 Å². The number of esters is 1. The third-order valence-electron chi connectivity index (χ3n) is 2.74. The molecule has 0 radical (unpaired) electrons. The summed E-state index contributed by atoms with van der Waals surface area (Å²) < 4.78 is 33.8. The SMILES string of the molecule is CCCOP(=O)(COCC[C@H](C)C(=O)OC(C)(C)C)OCCC. The van der Waals surface area contributed by atoms with Gasteiger partial charge in [0.25, 0.3) is 0 Å². The first-order valence-corrected chi connectivity index (χ1v) is 10.0. The molecule has 0 aromatic carbocycles. The van der Waals surface area contributed by atoms with Crippen LogP contribution in [0.4, 0.5) is 0 Å². The third-order valence-corrected chi connectivity index (χ3v) is 4.39. The van der Waals surface area contributed by atoms with E-state index in [2.05, 4.69) is 0 Å². The third kappa shape index (κ3) is 11.7. The Hall–Kier alpha value is -0.420. The molecule has 1 atom stereocenters. The Labute approximate surface area is 140 Å². The van der Waals surface area contributed by atoms with Crippen LogP contribution in [0.3, 0.4) is 0 Å². The lowest BCUT2D eigenvalue weighted by Gasteiger charge is -2.22. The van der Waals surface area contributed by atoms with Crippen LogP contribution in [0.5, 0.6) is 0 Å². The summed E-state index contributed by atoms with van der Waals surface area (Å²) in [5, 5.41) is 0. The summed E-state index contributed by atoms with van der Waals surface area (Å²) in [6.45, 7) is 12.2. The zero-order valence-corrected chi connectivity index (χ0v) is 16.3. The predicted octanol–water partition coefficient (Wildman–Crippen LogP) is 4.37. The van der Waals surface area contributed by atoms with Crippen LogP contribution >= 0.6 is 7.60 Å². The van der Waals surface area contributed by atoms with Crippen molar-refractivity contribution >= 4 is 13.6 Å². The molecule has 0 unspecified atom stereocenters. The molecule has 23 heavy (non-hydrogen) atoms. The molecule has 0 aromatic rings. The summed E-state index contributed by atoms with van der Waals surface area (Å²) in [7, 11) is -3.21. The van der Waals surface area contributed by atoms with E-state index in [0.717, 1.165) is 12.8 Å². The second-order valence-corrected chi connectivity index (χ2v) is 8.53. The zero-order valence-electron chi connectivity index (χ0n) is 15.4. The molecule has 0 saturated heterocycles. The molecular formula is C16H33O6P. The van der Waals surface area contributed by atoms with Crippen molar-refractivity contribution in [3.63, 3.8) is 0 Å². The number of hydrogen-bond acceptors (Lipinski definition) is 6. The summed E-state index contributed by atoms with van der Waals surface area (Å²) in [5.41, 5.74) is -0.496. The molecule has 0 aliphatic carbocycles. The van der Waals surface area contributed by atoms with E-state index in [-0.39, 0.29) is 18.2 Å². The maximum Gasteiger partial charge on any atom is 0.356 e. The minimum atomic E-state index is -3.21. The Morgan fingerprint density at radius 2 is 1.57 bits per heavy atom. The highest BCUT2D eigenvalue weighted by molar-refractivity contribution is 7.53. The molecule has 6 nitrogen and oxygen atoms in total. The van der Waals surface area contributed by atoms with Crippen molar-refractivity contribution in [2.45, 2.75) is 66.4 Å². The van der Waals surface area contributed by atoms with E-state index in [0.29, 0.717) is 26.2 Å². The lowest BCUT2D eigenvalue weighted by atomic mass is 10.1. The molecule has 0 aliphatic rings. The van der Waals surface area contributed by atoms with Crippen molar-refractivity contribution in [3.05, 3.63) is 0 Å². The molecule has 0 heterocycles. The number of hydrogen-bond donors (Lipinski definition) is 0. The van der Waals surface area contributed by atoms with Gasteiger partial charge in [-0.25, -0.2) is 0 Å². The number of carbonyl (C=O) groups is 1. The van der Waals surface area contributed by atoms with Crippen molar-refractivity contribution in [3.8, 4) is 0 Å². The number of ether oxygens (including phenoxy) is 2. The van der Waals surface area contributed by atoms with E-state index in [1.54, 1.807) is 6.92 Å². The molecule has 0 spiro atoms. The summed E-state index contributed by atoms with van der Waals surface area (Å²) in [6, 6.07) is 0. The number of carbonyl (C=O) groups excluding carboxylic acids is 1. The van der Waals surface area contributed by atoms with Gasteiger partial charge >= 0.3 is 13.6 Å². The quantitative estimate of drug-likeness (QED) is 0.295. The van der Waals surface area contributed by atoms with E-state index >= 15 is 0 Å². The smallest absolute Gasteiger partial charge is 0.356 e. The van der Waals surface area contributed by atoms with Gasteiger partial charge in [-0.2, -0.15) is 0 Å². The van der Waals surface area contributed by atoms with Gasteiger partial charge in [0, 0.05) is 6.61 Å². The second-order valence-electron chi connectivity index (χ2n) is 6.54. The molecule has 0 saturated carbocycles. The highest BCUT2D eigenvalue weighted by Gasteiger charge is 2.25. The molecule has 0 bridgehead atoms. The van der Waals surface area contributed by atoms with Crippen LogP contribution in [0.15, 0.2) is 0 Å².